The summed E-state index contributed by atoms with van der Waals surface area (Å²) in [5, 5.41) is 4.97. The molecule has 2 aromatic heterocycles. The summed E-state index contributed by atoms with van der Waals surface area (Å²) >= 11 is 0. The van der Waals surface area contributed by atoms with Crippen molar-refractivity contribution in [3.05, 3.63) is 60.0 Å². The summed E-state index contributed by atoms with van der Waals surface area (Å²) in [6.45, 7) is 3.48. The Kier molecular flexibility index (Phi) is 5.21. The van der Waals surface area contributed by atoms with E-state index in [1.807, 2.05) is 47.4 Å². The Morgan fingerprint density at radius 2 is 1.96 bits per heavy atom. The lowest BCUT2D eigenvalue weighted by atomic mass is 10.1. The summed E-state index contributed by atoms with van der Waals surface area (Å²) in [6, 6.07) is 13.5. The van der Waals surface area contributed by atoms with E-state index in [0.717, 1.165) is 36.0 Å². The van der Waals surface area contributed by atoms with E-state index < -0.39 is 0 Å². The zero-order chi connectivity index (χ0) is 16.8. The third kappa shape index (κ3) is 3.79. The molecule has 0 aliphatic rings. The molecular formula is C19H21N3O2. The second kappa shape index (κ2) is 7.73. The molecule has 0 saturated heterocycles. The molecule has 3 rings (SSSR count). The van der Waals surface area contributed by atoms with Crippen LogP contribution < -0.4 is 0 Å². The van der Waals surface area contributed by atoms with Crippen molar-refractivity contribution in [2.24, 2.45) is 0 Å². The molecule has 0 aliphatic heterocycles. The zero-order valence-corrected chi connectivity index (χ0v) is 13.8. The van der Waals surface area contributed by atoms with Crippen LogP contribution in [-0.2, 0) is 17.6 Å². The van der Waals surface area contributed by atoms with Crippen LogP contribution in [0.5, 0.6) is 0 Å². The first-order valence-electron chi connectivity index (χ1n) is 8.29. The first kappa shape index (κ1) is 16.2. The van der Waals surface area contributed by atoms with Gasteiger partial charge in [0.15, 0.2) is 5.58 Å². The Hall–Kier alpha value is -2.69. The maximum atomic E-state index is 12.7. The minimum Gasteiger partial charge on any atom is -0.356 e. The number of aromatic nitrogens is 2. The molecule has 0 radical (unpaired) electrons. The highest BCUT2D eigenvalue weighted by Crippen LogP contribution is 2.18. The smallest absolute Gasteiger partial charge is 0.228 e. The van der Waals surface area contributed by atoms with Gasteiger partial charge >= 0.3 is 0 Å². The number of carbonyl (C=O) groups is 1. The molecule has 124 valence electrons. The third-order valence-corrected chi connectivity index (χ3v) is 3.98. The predicted octanol–water partition coefficient (Wildman–Crippen LogP) is 3.25. The molecule has 0 saturated carbocycles. The van der Waals surface area contributed by atoms with Crippen molar-refractivity contribution in [1.29, 1.82) is 0 Å². The van der Waals surface area contributed by atoms with Crippen LogP contribution in [0.4, 0.5) is 0 Å². The Morgan fingerprint density at radius 3 is 2.75 bits per heavy atom. The van der Waals surface area contributed by atoms with Crippen LogP contribution in [-0.4, -0.2) is 34.0 Å². The van der Waals surface area contributed by atoms with Crippen LogP contribution in [0.1, 0.15) is 24.7 Å². The number of benzene rings is 1. The minimum atomic E-state index is 0.0758. The van der Waals surface area contributed by atoms with Gasteiger partial charge in [0.05, 0.1) is 6.42 Å². The molecule has 2 heterocycles. The molecule has 5 nitrogen and oxygen atoms in total. The van der Waals surface area contributed by atoms with E-state index in [1.165, 1.54) is 0 Å². The lowest BCUT2D eigenvalue weighted by Gasteiger charge is -2.21. The Balaban J connectivity index is 1.67. The third-order valence-electron chi connectivity index (χ3n) is 3.98. The van der Waals surface area contributed by atoms with Gasteiger partial charge in [-0.1, -0.05) is 30.3 Å². The molecule has 0 aliphatic carbocycles. The number of hydrogen-bond acceptors (Lipinski definition) is 4. The topological polar surface area (TPSA) is 59.2 Å². The molecule has 0 bridgehead atoms. The molecule has 1 aromatic carbocycles. The predicted molar refractivity (Wildman–Crippen MR) is 92.5 cm³/mol. The van der Waals surface area contributed by atoms with Gasteiger partial charge < -0.3 is 9.42 Å². The van der Waals surface area contributed by atoms with Crippen molar-refractivity contribution in [2.45, 2.75) is 26.2 Å². The van der Waals surface area contributed by atoms with Gasteiger partial charge in [-0.05, 0) is 30.7 Å². The van der Waals surface area contributed by atoms with E-state index in [2.05, 4.69) is 17.1 Å². The van der Waals surface area contributed by atoms with E-state index in [9.17, 15) is 4.79 Å². The average molecular weight is 323 g/mol. The SMILES string of the molecule is CCCN(CCc1ccccn1)C(=O)Cc1noc2ccccc12. The summed E-state index contributed by atoms with van der Waals surface area (Å²) < 4.78 is 5.29. The largest absolute Gasteiger partial charge is 0.356 e. The highest BCUT2D eigenvalue weighted by atomic mass is 16.5. The quantitative estimate of drug-likeness (QED) is 0.670. The molecule has 5 heteroatoms. The maximum absolute atomic E-state index is 12.7. The average Bonchev–Trinajstić information content (AvgIpc) is 3.02. The lowest BCUT2D eigenvalue weighted by molar-refractivity contribution is -0.130. The number of rotatable bonds is 7. The van der Waals surface area contributed by atoms with Crippen molar-refractivity contribution >= 4 is 16.9 Å². The lowest BCUT2D eigenvalue weighted by Crippen LogP contribution is -2.35. The minimum absolute atomic E-state index is 0.0758. The van der Waals surface area contributed by atoms with Crippen LogP contribution in [0.15, 0.2) is 53.2 Å². The number of hydrogen-bond donors (Lipinski definition) is 0. The Bertz CT molecular complexity index is 798. The fourth-order valence-corrected chi connectivity index (χ4v) is 2.75. The van der Waals surface area contributed by atoms with Gasteiger partial charge in [0, 0.05) is 36.8 Å². The van der Waals surface area contributed by atoms with Gasteiger partial charge in [-0.25, -0.2) is 0 Å². The van der Waals surface area contributed by atoms with Crippen molar-refractivity contribution in [1.82, 2.24) is 15.0 Å². The highest BCUT2D eigenvalue weighted by molar-refractivity contribution is 5.86. The molecular weight excluding hydrogens is 302 g/mol. The number of pyridine rings is 1. The van der Waals surface area contributed by atoms with Gasteiger partial charge in [-0.2, -0.15) is 0 Å². The van der Waals surface area contributed by atoms with Gasteiger partial charge in [-0.15, -0.1) is 0 Å². The van der Waals surface area contributed by atoms with Gasteiger partial charge in [0.1, 0.15) is 5.69 Å². The number of carbonyl (C=O) groups excluding carboxylic acids is 1. The van der Waals surface area contributed by atoms with Gasteiger partial charge in [0.25, 0.3) is 0 Å². The summed E-state index contributed by atoms with van der Waals surface area (Å²) in [5.41, 5.74) is 2.42. The van der Waals surface area contributed by atoms with E-state index in [1.54, 1.807) is 6.20 Å². The molecule has 24 heavy (non-hydrogen) atoms. The van der Waals surface area contributed by atoms with Crippen molar-refractivity contribution < 1.29 is 9.32 Å². The van der Waals surface area contributed by atoms with Crippen LogP contribution in [0.3, 0.4) is 0 Å². The first-order valence-corrected chi connectivity index (χ1v) is 8.29. The first-order chi connectivity index (χ1) is 11.8. The Labute approximate surface area is 141 Å². The van der Waals surface area contributed by atoms with Gasteiger partial charge in [0.2, 0.25) is 5.91 Å². The van der Waals surface area contributed by atoms with Crippen molar-refractivity contribution in [3.63, 3.8) is 0 Å². The van der Waals surface area contributed by atoms with Gasteiger partial charge in [-0.3, -0.25) is 9.78 Å². The number of amides is 1. The summed E-state index contributed by atoms with van der Waals surface area (Å²) in [4.78, 5) is 18.9. The van der Waals surface area contributed by atoms with E-state index >= 15 is 0 Å². The van der Waals surface area contributed by atoms with Crippen molar-refractivity contribution in [2.75, 3.05) is 13.1 Å². The molecule has 0 unspecified atom stereocenters. The Morgan fingerprint density at radius 1 is 1.12 bits per heavy atom. The number of nitrogens with zero attached hydrogens (tertiary/aromatic N) is 3. The maximum Gasteiger partial charge on any atom is 0.228 e. The van der Waals surface area contributed by atoms with Crippen LogP contribution >= 0.6 is 0 Å². The van der Waals surface area contributed by atoms with E-state index in [4.69, 9.17) is 4.52 Å². The van der Waals surface area contributed by atoms with Crippen LogP contribution in [0.2, 0.25) is 0 Å². The van der Waals surface area contributed by atoms with E-state index in [0.29, 0.717) is 12.2 Å². The zero-order valence-electron chi connectivity index (χ0n) is 13.8. The molecule has 3 aromatic rings. The summed E-state index contributed by atoms with van der Waals surface area (Å²) in [7, 11) is 0. The fraction of sp³-hybridized carbons (Fsp3) is 0.316. The molecule has 0 atom stereocenters. The number of para-hydroxylation sites is 1. The normalized spacial score (nSPS) is 10.9. The summed E-state index contributed by atoms with van der Waals surface area (Å²) in [5.74, 6) is 0.0758. The second-order valence-electron chi connectivity index (χ2n) is 5.75. The molecule has 0 fully saturated rings. The van der Waals surface area contributed by atoms with E-state index in [-0.39, 0.29) is 12.3 Å². The van der Waals surface area contributed by atoms with Crippen molar-refractivity contribution in [3.8, 4) is 0 Å². The second-order valence-corrected chi connectivity index (χ2v) is 5.75. The number of fused-ring (bicyclic) bond motifs is 1. The van der Waals surface area contributed by atoms with Crippen LogP contribution in [0, 0.1) is 0 Å². The summed E-state index contributed by atoms with van der Waals surface area (Å²) in [6.07, 6.45) is 3.72. The highest BCUT2D eigenvalue weighted by Gasteiger charge is 2.17. The molecule has 1 amide bonds. The standard InChI is InChI=1S/C19H21N3O2/c1-2-12-22(13-10-15-7-5-6-11-20-15)19(23)14-17-16-8-3-4-9-18(16)24-21-17/h3-9,11H,2,10,12-14H2,1H3. The molecule has 0 spiro atoms. The molecule has 0 N–H and O–H groups in total. The monoisotopic (exact) mass is 323 g/mol. The van der Waals surface area contributed by atoms with Crippen LogP contribution in [0.25, 0.3) is 11.0 Å². The fourth-order valence-electron chi connectivity index (χ4n) is 2.75.